The molecule has 1 saturated carbocycles. The van der Waals surface area contributed by atoms with E-state index in [2.05, 4.69) is 12.1 Å². The number of alkyl halides is 3. The highest BCUT2D eigenvalue weighted by Crippen LogP contribution is 2.55. The quantitative estimate of drug-likeness (QED) is 0.774. The van der Waals surface area contributed by atoms with Crippen molar-refractivity contribution in [3.63, 3.8) is 0 Å². The van der Waals surface area contributed by atoms with Gasteiger partial charge in [-0.3, -0.25) is 0 Å². The monoisotopic (exact) mass is 292 g/mol. The van der Waals surface area contributed by atoms with Gasteiger partial charge in [0.25, 0.3) is 0 Å². The minimum absolute atomic E-state index is 0.0984. The largest absolute Gasteiger partial charge is 0.496 e. The summed E-state index contributed by atoms with van der Waals surface area (Å²) in [4.78, 5) is 0. The Balaban J connectivity index is 1.85. The molecule has 21 heavy (non-hydrogen) atoms. The Kier molecular flexibility index (Phi) is 3.40. The van der Waals surface area contributed by atoms with Crippen LogP contribution in [0.25, 0.3) is 0 Å². The van der Waals surface area contributed by atoms with Crippen LogP contribution in [0.3, 0.4) is 0 Å². The summed E-state index contributed by atoms with van der Waals surface area (Å²) in [5.41, 5.74) is 1.43. The summed E-state index contributed by atoms with van der Waals surface area (Å²) in [5, 5.41) is 0. The molecule has 3 rings (SSSR count). The molecular formula is C17H15F3O. The van der Waals surface area contributed by atoms with Gasteiger partial charge in [-0.25, -0.2) is 0 Å². The van der Waals surface area contributed by atoms with E-state index >= 15 is 0 Å². The van der Waals surface area contributed by atoms with Gasteiger partial charge in [0.2, 0.25) is 0 Å². The third-order valence-corrected chi connectivity index (χ3v) is 3.98. The average Bonchev–Trinajstić information content (AvgIpc) is 3.27. The molecule has 2 aromatic rings. The molecule has 0 radical (unpaired) electrons. The average molecular weight is 292 g/mol. The SMILES string of the molecule is COc1cc(C2CC2c2ccccc2)ccc1C(F)(F)F. The summed E-state index contributed by atoms with van der Waals surface area (Å²) in [7, 11) is 1.27. The van der Waals surface area contributed by atoms with E-state index in [0.29, 0.717) is 5.92 Å². The van der Waals surface area contributed by atoms with E-state index in [4.69, 9.17) is 4.74 Å². The van der Waals surface area contributed by atoms with Crippen molar-refractivity contribution in [2.24, 2.45) is 0 Å². The minimum Gasteiger partial charge on any atom is -0.496 e. The predicted octanol–water partition coefficient (Wildman–Crippen LogP) is 4.99. The Morgan fingerprint density at radius 2 is 1.62 bits per heavy atom. The van der Waals surface area contributed by atoms with Gasteiger partial charge in [0.05, 0.1) is 12.7 Å². The van der Waals surface area contributed by atoms with Crippen LogP contribution in [0.2, 0.25) is 0 Å². The molecule has 0 aliphatic heterocycles. The van der Waals surface area contributed by atoms with Gasteiger partial charge in [0.15, 0.2) is 0 Å². The Bertz CT molecular complexity index is 634. The minimum atomic E-state index is -4.38. The second kappa shape index (κ2) is 5.10. The van der Waals surface area contributed by atoms with Gasteiger partial charge >= 0.3 is 6.18 Å². The number of hydrogen-bond donors (Lipinski definition) is 0. The van der Waals surface area contributed by atoms with Gasteiger partial charge in [-0.2, -0.15) is 13.2 Å². The first-order chi connectivity index (χ1) is 10.0. The van der Waals surface area contributed by atoms with E-state index in [-0.39, 0.29) is 11.7 Å². The van der Waals surface area contributed by atoms with Crippen LogP contribution in [0, 0.1) is 0 Å². The second-order valence-electron chi connectivity index (χ2n) is 5.32. The van der Waals surface area contributed by atoms with Crippen LogP contribution in [0.5, 0.6) is 5.75 Å². The summed E-state index contributed by atoms with van der Waals surface area (Å²) in [6.07, 6.45) is -3.41. The Labute approximate surface area is 121 Å². The molecule has 0 bridgehead atoms. The van der Waals surface area contributed by atoms with Crippen molar-refractivity contribution < 1.29 is 17.9 Å². The third kappa shape index (κ3) is 2.75. The molecule has 2 aromatic carbocycles. The highest BCUT2D eigenvalue weighted by molar-refractivity contribution is 5.44. The zero-order valence-corrected chi connectivity index (χ0v) is 11.5. The molecule has 110 valence electrons. The van der Waals surface area contributed by atoms with Crippen LogP contribution in [0.15, 0.2) is 48.5 Å². The Morgan fingerprint density at radius 3 is 2.24 bits per heavy atom. The van der Waals surface area contributed by atoms with Crippen LogP contribution in [-0.4, -0.2) is 7.11 Å². The number of rotatable bonds is 3. The number of hydrogen-bond acceptors (Lipinski definition) is 1. The topological polar surface area (TPSA) is 9.23 Å². The highest BCUT2D eigenvalue weighted by Gasteiger charge is 2.41. The zero-order chi connectivity index (χ0) is 15.0. The zero-order valence-electron chi connectivity index (χ0n) is 11.5. The van der Waals surface area contributed by atoms with Gasteiger partial charge in [0.1, 0.15) is 5.75 Å². The van der Waals surface area contributed by atoms with Gasteiger partial charge in [-0.1, -0.05) is 36.4 Å². The first-order valence-corrected chi connectivity index (χ1v) is 6.81. The normalized spacial score (nSPS) is 21.1. The maximum atomic E-state index is 12.8. The molecule has 1 aliphatic rings. The lowest BCUT2D eigenvalue weighted by Gasteiger charge is -2.13. The molecule has 0 N–H and O–H groups in total. The van der Waals surface area contributed by atoms with E-state index in [0.717, 1.165) is 18.1 Å². The smallest absolute Gasteiger partial charge is 0.419 e. The van der Waals surface area contributed by atoms with E-state index < -0.39 is 11.7 Å². The van der Waals surface area contributed by atoms with Crippen molar-refractivity contribution >= 4 is 0 Å². The Hall–Kier alpha value is -1.97. The molecule has 0 saturated heterocycles. The van der Waals surface area contributed by atoms with Crippen LogP contribution >= 0.6 is 0 Å². The second-order valence-corrected chi connectivity index (χ2v) is 5.32. The van der Waals surface area contributed by atoms with Crippen molar-refractivity contribution in [2.75, 3.05) is 7.11 Å². The lowest BCUT2D eigenvalue weighted by atomic mass is 10.0. The molecule has 2 unspecified atom stereocenters. The fourth-order valence-corrected chi connectivity index (χ4v) is 2.80. The van der Waals surface area contributed by atoms with Crippen LogP contribution < -0.4 is 4.74 Å². The van der Waals surface area contributed by atoms with Crippen LogP contribution in [0.4, 0.5) is 13.2 Å². The molecule has 1 nitrogen and oxygen atoms in total. The molecule has 0 spiro atoms. The first-order valence-electron chi connectivity index (χ1n) is 6.81. The van der Waals surface area contributed by atoms with Crippen molar-refractivity contribution in [1.82, 2.24) is 0 Å². The first kappa shape index (κ1) is 14.0. The van der Waals surface area contributed by atoms with E-state index in [1.54, 1.807) is 6.07 Å². The van der Waals surface area contributed by atoms with Crippen molar-refractivity contribution in [3.05, 3.63) is 65.2 Å². The summed E-state index contributed by atoms with van der Waals surface area (Å²) >= 11 is 0. The van der Waals surface area contributed by atoms with Gasteiger partial charge in [-0.15, -0.1) is 0 Å². The van der Waals surface area contributed by atoms with Gasteiger partial charge in [-0.05, 0) is 41.5 Å². The summed E-state index contributed by atoms with van der Waals surface area (Å²) in [6.45, 7) is 0. The van der Waals surface area contributed by atoms with Crippen molar-refractivity contribution in [1.29, 1.82) is 0 Å². The lowest BCUT2D eigenvalue weighted by Crippen LogP contribution is -2.07. The van der Waals surface area contributed by atoms with E-state index in [1.165, 1.54) is 18.7 Å². The maximum absolute atomic E-state index is 12.8. The van der Waals surface area contributed by atoms with E-state index in [9.17, 15) is 13.2 Å². The molecule has 1 fully saturated rings. The molecule has 1 aliphatic carbocycles. The number of halogens is 3. The molecule has 4 heteroatoms. The van der Waals surface area contributed by atoms with Crippen molar-refractivity contribution in [3.8, 4) is 5.75 Å². The van der Waals surface area contributed by atoms with Crippen molar-refractivity contribution in [2.45, 2.75) is 24.4 Å². The standard InChI is InChI=1S/C17H15F3O/c1-21-16-9-12(7-8-15(16)17(18,19)20)14-10-13(14)11-5-3-2-4-6-11/h2-9,13-14H,10H2,1H3. The molecule has 0 heterocycles. The summed E-state index contributed by atoms with van der Waals surface area (Å²) < 4.78 is 43.4. The summed E-state index contributed by atoms with van der Waals surface area (Å²) in [6, 6.07) is 14.3. The summed E-state index contributed by atoms with van der Waals surface area (Å²) in [5.74, 6) is 0.579. The number of ether oxygens (including phenoxy) is 1. The Morgan fingerprint density at radius 1 is 0.952 bits per heavy atom. The van der Waals surface area contributed by atoms with Crippen LogP contribution in [0.1, 0.15) is 34.9 Å². The lowest BCUT2D eigenvalue weighted by molar-refractivity contribution is -0.138. The fraction of sp³-hybridized carbons (Fsp3) is 0.294. The fourth-order valence-electron chi connectivity index (χ4n) is 2.80. The van der Waals surface area contributed by atoms with Crippen LogP contribution in [-0.2, 0) is 6.18 Å². The van der Waals surface area contributed by atoms with Gasteiger partial charge < -0.3 is 4.74 Å². The molecular weight excluding hydrogens is 277 g/mol. The predicted molar refractivity (Wildman–Crippen MR) is 74.5 cm³/mol. The molecule has 2 atom stereocenters. The molecule has 0 aromatic heterocycles. The maximum Gasteiger partial charge on any atom is 0.419 e. The molecule has 0 amide bonds. The number of methoxy groups -OCH3 is 1. The third-order valence-electron chi connectivity index (χ3n) is 3.98. The van der Waals surface area contributed by atoms with E-state index in [1.807, 2.05) is 18.2 Å². The van der Waals surface area contributed by atoms with Gasteiger partial charge in [0, 0.05) is 0 Å². The number of benzene rings is 2. The highest BCUT2D eigenvalue weighted by atomic mass is 19.4.